The van der Waals surface area contributed by atoms with Crippen LogP contribution in [0.3, 0.4) is 0 Å². The van der Waals surface area contributed by atoms with Crippen LogP contribution in [0.5, 0.6) is 0 Å². The van der Waals surface area contributed by atoms with Crippen molar-refractivity contribution in [3.63, 3.8) is 0 Å². The number of halogens is 6. The molecule has 2 heterocycles. The van der Waals surface area contributed by atoms with Gasteiger partial charge in [0.15, 0.2) is 5.82 Å². The van der Waals surface area contributed by atoms with Crippen molar-refractivity contribution >= 4 is 34.8 Å². The van der Waals surface area contributed by atoms with Crippen LogP contribution in [0.25, 0.3) is 0 Å². The Morgan fingerprint density at radius 2 is 1.91 bits per heavy atom. The zero-order valence-corrected chi connectivity index (χ0v) is 18.7. The van der Waals surface area contributed by atoms with Crippen LogP contribution in [-0.4, -0.2) is 37.1 Å². The molecule has 1 saturated heterocycles. The summed E-state index contributed by atoms with van der Waals surface area (Å²) >= 11 is 11.5. The largest absolute Gasteiger partial charge is 0.435 e. The lowest BCUT2D eigenvalue weighted by Gasteiger charge is -2.29. The molecule has 0 aliphatic carbocycles. The number of nitrogens with one attached hydrogen (secondary N) is 1. The van der Waals surface area contributed by atoms with E-state index in [0.29, 0.717) is 36.3 Å². The Morgan fingerprint density at radius 1 is 1.21 bits per heavy atom. The summed E-state index contributed by atoms with van der Waals surface area (Å²) in [5.74, 6) is -1.31. The average molecular weight is 505 g/mol. The molecule has 2 aromatic rings. The molecule has 1 N–H and O–H groups in total. The van der Waals surface area contributed by atoms with Gasteiger partial charge in [-0.25, -0.2) is 4.39 Å². The number of amides is 1. The lowest BCUT2D eigenvalue weighted by molar-refractivity contribution is -0.275. The molecular weight excluding hydrogens is 487 g/mol. The molecular formula is C22H18Cl2F4N2O3. The van der Waals surface area contributed by atoms with E-state index in [-0.39, 0.29) is 17.7 Å². The number of alkyl halides is 3. The maximum absolute atomic E-state index is 14.2. The quantitative estimate of drug-likeness (QED) is 0.439. The standard InChI is InChI=1S/C22H18Cl2F4N2O3/c1-11-6-12(2-3-15(11)20(31)29-14-4-5-32-10-14)18-9-21(33-30-18,22(26,27)28)13-7-16(23)19(25)17(24)8-13/h2-3,6-8,14H,4-5,9-10H2,1H3,(H,29,31). The molecule has 2 aliphatic rings. The zero-order chi connectivity index (χ0) is 24.0. The van der Waals surface area contributed by atoms with Gasteiger partial charge in [0.1, 0.15) is 0 Å². The topological polar surface area (TPSA) is 59.9 Å². The van der Waals surface area contributed by atoms with Gasteiger partial charge in [0.05, 0.1) is 28.4 Å². The van der Waals surface area contributed by atoms with E-state index in [4.69, 9.17) is 32.8 Å². The second-order valence-electron chi connectivity index (χ2n) is 7.95. The Hall–Kier alpha value is -2.36. The number of benzene rings is 2. The van der Waals surface area contributed by atoms with E-state index in [1.54, 1.807) is 13.0 Å². The summed E-state index contributed by atoms with van der Waals surface area (Å²) < 4.78 is 61.5. The zero-order valence-electron chi connectivity index (χ0n) is 17.2. The minimum atomic E-state index is -4.90. The van der Waals surface area contributed by atoms with Gasteiger partial charge in [0, 0.05) is 24.2 Å². The van der Waals surface area contributed by atoms with Crippen LogP contribution in [0, 0.1) is 12.7 Å². The number of rotatable bonds is 4. The lowest BCUT2D eigenvalue weighted by atomic mass is 9.86. The monoisotopic (exact) mass is 504 g/mol. The number of aryl methyl sites for hydroxylation is 1. The fraction of sp³-hybridized carbons (Fsp3) is 0.364. The van der Waals surface area contributed by atoms with Crippen molar-refractivity contribution in [2.45, 2.75) is 37.6 Å². The van der Waals surface area contributed by atoms with Gasteiger partial charge in [-0.3, -0.25) is 4.79 Å². The Bertz CT molecular complexity index is 1110. The molecule has 4 rings (SSSR count). The molecule has 0 aromatic heterocycles. The van der Waals surface area contributed by atoms with Gasteiger partial charge in [0.2, 0.25) is 0 Å². The van der Waals surface area contributed by atoms with Gasteiger partial charge in [-0.1, -0.05) is 34.4 Å². The normalized spacial score (nSPS) is 22.8. The SMILES string of the molecule is Cc1cc(C2=NOC(c3cc(Cl)c(F)c(Cl)c3)(C(F)(F)F)C2)ccc1C(=O)NC1CCOC1. The first kappa shape index (κ1) is 23.8. The van der Waals surface area contributed by atoms with Gasteiger partial charge in [-0.15, -0.1) is 0 Å². The van der Waals surface area contributed by atoms with E-state index in [1.165, 1.54) is 12.1 Å². The highest BCUT2D eigenvalue weighted by Crippen LogP contribution is 2.50. The Kier molecular flexibility index (Phi) is 6.32. The molecule has 11 heteroatoms. The van der Waals surface area contributed by atoms with Gasteiger partial charge in [0.25, 0.3) is 11.5 Å². The van der Waals surface area contributed by atoms with Crippen LogP contribution in [0.4, 0.5) is 17.6 Å². The summed E-state index contributed by atoms with van der Waals surface area (Å²) in [7, 11) is 0. The van der Waals surface area contributed by atoms with Crippen LogP contribution in [0.1, 0.15) is 39.9 Å². The van der Waals surface area contributed by atoms with Gasteiger partial charge < -0.3 is 14.9 Å². The summed E-state index contributed by atoms with van der Waals surface area (Å²) in [4.78, 5) is 17.5. The number of carbonyl (C=O) groups excluding carboxylic acids is 1. The molecule has 0 spiro atoms. The molecule has 5 nitrogen and oxygen atoms in total. The fourth-order valence-electron chi connectivity index (χ4n) is 3.86. The first-order valence-electron chi connectivity index (χ1n) is 9.98. The van der Waals surface area contributed by atoms with Crippen LogP contribution in [0.2, 0.25) is 10.0 Å². The number of oxime groups is 1. The summed E-state index contributed by atoms with van der Waals surface area (Å²) in [5, 5.41) is 5.44. The molecule has 2 atom stereocenters. The maximum Gasteiger partial charge on any atom is 0.435 e. The van der Waals surface area contributed by atoms with Crippen LogP contribution < -0.4 is 5.32 Å². The highest BCUT2D eigenvalue weighted by Gasteiger charge is 2.62. The van der Waals surface area contributed by atoms with E-state index in [2.05, 4.69) is 10.5 Å². The number of nitrogens with zero attached hydrogens (tertiary/aromatic N) is 1. The Labute approximate surface area is 196 Å². The van der Waals surface area contributed by atoms with Crippen molar-refractivity contribution < 1.29 is 31.9 Å². The summed E-state index contributed by atoms with van der Waals surface area (Å²) in [6.07, 6.45) is -4.87. The number of carbonyl (C=O) groups is 1. The molecule has 1 fully saturated rings. The third-order valence-electron chi connectivity index (χ3n) is 5.71. The summed E-state index contributed by atoms with van der Waals surface area (Å²) in [5.41, 5.74) is -2.01. The summed E-state index contributed by atoms with van der Waals surface area (Å²) in [6.45, 7) is 2.69. The average Bonchev–Trinajstić information content (AvgIpc) is 3.41. The highest BCUT2D eigenvalue weighted by molar-refractivity contribution is 6.35. The predicted octanol–water partition coefficient (Wildman–Crippen LogP) is 5.54. The minimum Gasteiger partial charge on any atom is -0.379 e. The molecule has 2 aromatic carbocycles. The predicted molar refractivity (Wildman–Crippen MR) is 114 cm³/mol. The second kappa shape index (κ2) is 8.77. The maximum atomic E-state index is 14.2. The van der Waals surface area contributed by atoms with Crippen molar-refractivity contribution in [2.75, 3.05) is 13.2 Å². The van der Waals surface area contributed by atoms with E-state index >= 15 is 0 Å². The van der Waals surface area contributed by atoms with E-state index in [1.807, 2.05) is 0 Å². The first-order chi connectivity index (χ1) is 15.5. The smallest absolute Gasteiger partial charge is 0.379 e. The molecule has 1 amide bonds. The van der Waals surface area contributed by atoms with Crippen molar-refractivity contribution in [3.05, 3.63) is 68.4 Å². The number of hydrogen-bond acceptors (Lipinski definition) is 4. The van der Waals surface area contributed by atoms with Crippen LogP contribution in [-0.2, 0) is 15.2 Å². The Morgan fingerprint density at radius 3 is 2.48 bits per heavy atom. The third-order valence-corrected chi connectivity index (χ3v) is 6.26. The van der Waals surface area contributed by atoms with Crippen molar-refractivity contribution in [1.29, 1.82) is 0 Å². The third kappa shape index (κ3) is 4.41. The van der Waals surface area contributed by atoms with E-state index in [0.717, 1.165) is 12.1 Å². The number of hydrogen-bond donors (Lipinski definition) is 1. The minimum absolute atomic E-state index is 0.0168. The lowest BCUT2D eigenvalue weighted by Crippen LogP contribution is -2.42. The van der Waals surface area contributed by atoms with Crippen molar-refractivity contribution in [2.24, 2.45) is 5.16 Å². The van der Waals surface area contributed by atoms with E-state index in [9.17, 15) is 22.4 Å². The molecule has 0 radical (unpaired) electrons. The van der Waals surface area contributed by atoms with E-state index < -0.39 is 39.6 Å². The summed E-state index contributed by atoms with van der Waals surface area (Å²) in [6, 6.07) is 6.19. The fourth-order valence-corrected chi connectivity index (χ4v) is 4.34. The molecule has 33 heavy (non-hydrogen) atoms. The van der Waals surface area contributed by atoms with Crippen molar-refractivity contribution in [1.82, 2.24) is 5.32 Å². The number of ether oxygens (including phenoxy) is 1. The molecule has 2 aliphatic heterocycles. The highest BCUT2D eigenvalue weighted by atomic mass is 35.5. The molecule has 0 bridgehead atoms. The van der Waals surface area contributed by atoms with Gasteiger partial charge >= 0.3 is 6.18 Å². The van der Waals surface area contributed by atoms with Crippen LogP contribution >= 0.6 is 23.2 Å². The molecule has 0 saturated carbocycles. The molecule has 176 valence electrons. The Balaban J connectivity index is 1.61. The van der Waals surface area contributed by atoms with Crippen LogP contribution in [0.15, 0.2) is 35.5 Å². The van der Waals surface area contributed by atoms with Crippen molar-refractivity contribution in [3.8, 4) is 0 Å². The first-order valence-corrected chi connectivity index (χ1v) is 10.7. The van der Waals surface area contributed by atoms with Gasteiger partial charge in [-0.05, 0) is 48.7 Å². The second-order valence-corrected chi connectivity index (χ2v) is 8.76. The molecule has 2 unspecified atom stereocenters. The van der Waals surface area contributed by atoms with Gasteiger partial charge in [-0.2, -0.15) is 13.2 Å².